The van der Waals surface area contributed by atoms with Gasteiger partial charge in [-0.25, -0.2) is 4.79 Å². The number of rotatable bonds is 8. The van der Waals surface area contributed by atoms with Gasteiger partial charge in [0, 0.05) is 40.5 Å². The zero-order valence-electron chi connectivity index (χ0n) is 18.3. The Morgan fingerprint density at radius 2 is 1.97 bits per heavy atom. The first kappa shape index (κ1) is 23.9. The lowest BCUT2D eigenvalue weighted by Gasteiger charge is -2.09. The highest BCUT2D eigenvalue weighted by Crippen LogP contribution is 2.36. The van der Waals surface area contributed by atoms with Gasteiger partial charge in [0.15, 0.2) is 11.0 Å². The maximum Gasteiger partial charge on any atom is 0.341 e. The van der Waals surface area contributed by atoms with Gasteiger partial charge in [-0.3, -0.25) is 9.78 Å². The maximum absolute atomic E-state index is 12.8. The summed E-state index contributed by atoms with van der Waals surface area (Å²) in [5, 5.41) is 14.8. The number of nitrogens with zero attached hydrogens (tertiary/aromatic N) is 4. The predicted molar refractivity (Wildman–Crippen MR) is 134 cm³/mol. The number of carbonyl (C=O) groups excluding carboxylic acids is 2. The van der Waals surface area contributed by atoms with Crippen LogP contribution in [0, 0.1) is 0 Å². The quantitative estimate of drug-likeness (QED) is 0.253. The average molecular weight is 514 g/mol. The molecule has 0 saturated carbocycles. The van der Waals surface area contributed by atoms with Crippen LogP contribution in [0.25, 0.3) is 22.5 Å². The van der Waals surface area contributed by atoms with Gasteiger partial charge >= 0.3 is 5.97 Å². The second-order valence-corrected chi connectivity index (χ2v) is 9.24. The first-order valence-corrected chi connectivity index (χ1v) is 12.5. The number of anilines is 1. The minimum atomic E-state index is -0.527. The third-order valence-electron chi connectivity index (χ3n) is 4.87. The molecule has 0 spiro atoms. The van der Waals surface area contributed by atoms with E-state index < -0.39 is 5.97 Å². The fourth-order valence-corrected chi connectivity index (χ4v) is 5.18. The molecule has 0 saturated heterocycles. The van der Waals surface area contributed by atoms with Crippen LogP contribution in [0.15, 0.2) is 59.3 Å². The number of thiophene rings is 1. The third-order valence-corrected chi connectivity index (χ3v) is 6.99. The van der Waals surface area contributed by atoms with Gasteiger partial charge in [0.1, 0.15) is 10.6 Å². The number of nitrogens with one attached hydrogen (secondary N) is 1. The van der Waals surface area contributed by atoms with E-state index in [1.54, 1.807) is 24.5 Å². The van der Waals surface area contributed by atoms with Gasteiger partial charge in [-0.05, 0) is 36.8 Å². The lowest BCUT2D eigenvalue weighted by Crippen LogP contribution is -2.16. The van der Waals surface area contributed by atoms with Crippen LogP contribution in [0.2, 0.25) is 5.02 Å². The topological polar surface area (TPSA) is 99.0 Å². The number of pyridine rings is 1. The highest BCUT2D eigenvalue weighted by Gasteiger charge is 2.23. The lowest BCUT2D eigenvalue weighted by molar-refractivity contribution is -0.113. The van der Waals surface area contributed by atoms with Crippen molar-refractivity contribution >= 4 is 51.6 Å². The number of benzene rings is 1. The van der Waals surface area contributed by atoms with Crippen LogP contribution in [0.4, 0.5) is 5.00 Å². The van der Waals surface area contributed by atoms with Gasteiger partial charge in [-0.2, -0.15) is 0 Å². The van der Waals surface area contributed by atoms with Crippen molar-refractivity contribution in [1.82, 2.24) is 19.7 Å². The van der Waals surface area contributed by atoms with Gasteiger partial charge in [0.05, 0.1) is 12.9 Å². The summed E-state index contributed by atoms with van der Waals surface area (Å²) in [4.78, 5) is 29.4. The highest BCUT2D eigenvalue weighted by molar-refractivity contribution is 7.99. The predicted octanol–water partition coefficient (Wildman–Crippen LogP) is 5.26. The monoisotopic (exact) mass is 513 g/mol. The van der Waals surface area contributed by atoms with E-state index in [1.165, 1.54) is 30.2 Å². The molecule has 11 heteroatoms. The molecule has 0 unspecified atom stereocenters. The smallest absolute Gasteiger partial charge is 0.341 e. The Kier molecular flexibility index (Phi) is 7.61. The summed E-state index contributed by atoms with van der Waals surface area (Å²) in [7, 11) is 1.31. The molecule has 0 aliphatic rings. The molecule has 4 rings (SSSR count). The van der Waals surface area contributed by atoms with Crippen molar-refractivity contribution in [2.45, 2.75) is 18.6 Å². The van der Waals surface area contributed by atoms with E-state index >= 15 is 0 Å². The van der Waals surface area contributed by atoms with Gasteiger partial charge < -0.3 is 14.6 Å². The molecular formula is C23H20ClN5O3S2. The number of carbonyl (C=O) groups is 2. The fourth-order valence-electron chi connectivity index (χ4n) is 3.28. The van der Waals surface area contributed by atoms with Crippen molar-refractivity contribution < 1.29 is 14.3 Å². The summed E-state index contributed by atoms with van der Waals surface area (Å²) in [6.07, 6.45) is 3.42. The van der Waals surface area contributed by atoms with Gasteiger partial charge in [0.2, 0.25) is 5.91 Å². The minimum absolute atomic E-state index is 0.0972. The van der Waals surface area contributed by atoms with Gasteiger partial charge in [-0.15, -0.1) is 21.5 Å². The van der Waals surface area contributed by atoms with Crippen molar-refractivity contribution in [3.8, 4) is 22.5 Å². The first-order chi connectivity index (χ1) is 16.5. The van der Waals surface area contributed by atoms with Crippen molar-refractivity contribution in [2.75, 3.05) is 18.2 Å². The molecule has 4 aromatic rings. The summed E-state index contributed by atoms with van der Waals surface area (Å²) in [6, 6.07) is 10.9. The van der Waals surface area contributed by atoms with E-state index in [4.69, 9.17) is 16.3 Å². The van der Waals surface area contributed by atoms with Crippen LogP contribution in [-0.4, -0.2) is 44.5 Å². The number of esters is 1. The molecule has 1 aromatic carbocycles. The zero-order valence-corrected chi connectivity index (χ0v) is 20.7. The van der Waals surface area contributed by atoms with Crippen LogP contribution in [0.3, 0.4) is 0 Å². The summed E-state index contributed by atoms with van der Waals surface area (Å²) in [5.74, 6) is -0.00783. The Hall–Kier alpha value is -3.21. The van der Waals surface area contributed by atoms with Gasteiger partial charge in [0.25, 0.3) is 0 Å². The highest BCUT2D eigenvalue weighted by atomic mass is 35.5. The standard InChI is InChI=1S/C23H20ClN5O3S2/c1-3-29-20(15-5-4-10-25-11-15)27-28-23(29)34-13-18(30)26-21-19(22(31)32-2)17(12-33-21)14-6-8-16(24)9-7-14/h4-12H,3,13H2,1-2H3,(H,26,30). The second-order valence-electron chi connectivity index (χ2n) is 6.98. The number of methoxy groups -OCH3 is 1. The zero-order chi connectivity index (χ0) is 24.1. The summed E-state index contributed by atoms with van der Waals surface area (Å²) in [5.41, 5.74) is 2.63. The number of halogens is 1. The molecular weight excluding hydrogens is 494 g/mol. The van der Waals surface area contributed by atoms with Crippen molar-refractivity contribution in [1.29, 1.82) is 0 Å². The fraction of sp³-hybridized carbons (Fsp3) is 0.174. The molecule has 34 heavy (non-hydrogen) atoms. The molecule has 0 bridgehead atoms. The molecule has 0 fully saturated rings. The summed E-state index contributed by atoms with van der Waals surface area (Å²) < 4.78 is 6.89. The van der Waals surface area contributed by atoms with E-state index in [-0.39, 0.29) is 11.7 Å². The molecule has 1 amide bonds. The van der Waals surface area contributed by atoms with Crippen LogP contribution in [-0.2, 0) is 16.1 Å². The number of aromatic nitrogens is 4. The van der Waals surface area contributed by atoms with Gasteiger partial charge in [-0.1, -0.05) is 35.5 Å². The number of hydrogen-bond acceptors (Lipinski definition) is 8. The Bertz CT molecular complexity index is 1310. The number of thioether (sulfide) groups is 1. The van der Waals surface area contributed by atoms with E-state index in [1.807, 2.05) is 41.1 Å². The number of ether oxygens (including phenoxy) is 1. The largest absolute Gasteiger partial charge is 0.465 e. The third kappa shape index (κ3) is 5.14. The maximum atomic E-state index is 12.8. The molecule has 0 atom stereocenters. The molecule has 0 aliphatic heterocycles. The first-order valence-electron chi connectivity index (χ1n) is 10.2. The molecule has 3 aromatic heterocycles. The van der Waals surface area contributed by atoms with Crippen LogP contribution in [0.1, 0.15) is 17.3 Å². The summed E-state index contributed by atoms with van der Waals surface area (Å²) in [6.45, 7) is 2.63. The van der Waals surface area contributed by atoms with E-state index in [9.17, 15) is 9.59 Å². The van der Waals surface area contributed by atoms with E-state index in [2.05, 4.69) is 20.5 Å². The van der Waals surface area contributed by atoms with E-state index in [0.717, 1.165) is 11.1 Å². The average Bonchev–Trinajstić information content (AvgIpc) is 3.47. The lowest BCUT2D eigenvalue weighted by atomic mass is 10.0. The number of amides is 1. The van der Waals surface area contributed by atoms with Crippen LogP contribution in [0.5, 0.6) is 0 Å². The molecule has 0 radical (unpaired) electrons. The van der Waals surface area contributed by atoms with Crippen LogP contribution >= 0.6 is 34.7 Å². The molecule has 8 nitrogen and oxygen atoms in total. The van der Waals surface area contributed by atoms with Crippen molar-refractivity contribution in [2.24, 2.45) is 0 Å². The molecule has 3 heterocycles. The molecule has 1 N–H and O–H groups in total. The summed E-state index contributed by atoms with van der Waals surface area (Å²) >= 11 is 8.52. The molecule has 174 valence electrons. The number of hydrogen-bond donors (Lipinski definition) is 1. The Morgan fingerprint density at radius 1 is 1.18 bits per heavy atom. The van der Waals surface area contributed by atoms with E-state index in [0.29, 0.717) is 38.7 Å². The normalized spacial score (nSPS) is 10.8. The SMILES string of the molecule is CCn1c(SCC(=O)Nc2scc(-c3ccc(Cl)cc3)c2C(=O)OC)nnc1-c1cccnc1. The molecule has 0 aliphatic carbocycles. The second kappa shape index (κ2) is 10.8. The Balaban J connectivity index is 1.50. The minimum Gasteiger partial charge on any atom is -0.465 e. The Labute approximate surface area is 209 Å². The van der Waals surface area contributed by atoms with Crippen LogP contribution < -0.4 is 5.32 Å². The van der Waals surface area contributed by atoms with Crippen molar-refractivity contribution in [3.05, 3.63) is 64.8 Å². The van der Waals surface area contributed by atoms with Crippen molar-refractivity contribution in [3.63, 3.8) is 0 Å². The Morgan fingerprint density at radius 3 is 2.65 bits per heavy atom.